The molecule has 6 heteroatoms. The average Bonchev–Trinajstić information content (AvgIpc) is 2.68. The lowest BCUT2D eigenvalue weighted by molar-refractivity contribution is 0.178. The molecular weight excluding hydrogens is 330 g/mol. The van der Waals surface area contributed by atoms with Crippen LogP contribution in [0, 0.1) is 0 Å². The minimum atomic E-state index is -0.0732. The molecule has 0 aliphatic carbocycles. The summed E-state index contributed by atoms with van der Waals surface area (Å²) in [7, 11) is 1.63. The van der Waals surface area contributed by atoms with Crippen LogP contribution in [-0.2, 0) is 0 Å². The summed E-state index contributed by atoms with van der Waals surface area (Å²) in [5.74, 6) is 1.13. The minimum Gasteiger partial charge on any atom is -0.497 e. The number of rotatable bonds is 4. The van der Waals surface area contributed by atoms with E-state index in [1.807, 2.05) is 42.2 Å². The van der Waals surface area contributed by atoms with Gasteiger partial charge in [-0.2, -0.15) is 0 Å². The number of carbonyl (C=O) groups excluding carboxylic acids is 1. The summed E-state index contributed by atoms with van der Waals surface area (Å²) in [5.41, 5.74) is 2.02. The van der Waals surface area contributed by atoms with Gasteiger partial charge in [-0.25, -0.2) is 4.79 Å². The molecule has 0 radical (unpaired) electrons. The van der Waals surface area contributed by atoms with Crippen molar-refractivity contribution in [2.45, 2.75) is 31.7 Å². The van der Waals surface area contributed by atoms with Gasteiger partial charge in [0.25, 0.3) is 0 Å². The predicted molar refractivity (Wildman–Crippen MR) is 101 cm³/mol. The first-order valence-electron chi connectivity index (χ1n) is 8.95. The summed E-state index contributed by atoms with van der Waals surface area (Å²) in [6.45, 7) is 3.36. The number of hydrogen-bond donors (Lipinski definition) is 2. The second-order valence-corrected chi connectivity index (χ2v) is 6.69. The highest BCUT2D eigenvalue weighted by Crippen LogP contribution is 2.27. The number of likely N-dealkylation sites (tertiary alicyclic amines) is 1. The Morgan fingerprint density at radius 2 is 1.92 bits per heavy atom. The highest BCUT2D eigenvalue weighted by atomic mass is 16.5. The van der Waals surface area contributed by atoms with Gasteiger partial charge in [0.2, 0.25) is 5.56 Å². The molecule has 1 atom stereocenters. The van der Waals surface area contributed by atoms with Crippen LogP contribution in [0.15, 0.2) is 47.4 Å². The maximum absolute atomic E-state index is 12.5. The first-order chi connectivity index (χ1) is 12.6. The van der Waals surface area contributed by atoms with Crippen LogP contribution in [-0.4, -0.2) is 36.1 Å². The highest BCUT2D eigenvalue weighted by molar-refractivity contribution is 5.74. The number of ether oxygens (including phenoxy) is 1. The maximum atomic E-state index is 12.5. The van der Waals surface area contributed by atoms with Gasteiger partial charge in [-0.05, 0) is 55.0 Å². The second-order valence-electron chi connectivity index (χ2n) is 6.69. The van der Waals surface area contributed by atoms with Crippen molar-refractivity contribution in [1.29, 1.82) is 0 Å². The molecule has 0 saturated carbocycles. The third kappa shape index (κ3) is 4.25. The lowest BCUT2D eigenvalue weighted by Crippen LogP contribution is -2.44. The first-order valence-corrected chi connectivity index (χ1v) is 8.95. The molecule has 0 unspecified atom stereocenters. The van der Waals surface area contributed by atoms with E-state index in [0.29, 0.717) is 19.0 Å². The number of hydrogen-bond acceptors (Lipinski definition) is 3. The number of benzene rings is 1. The maximum Gasteiger partial charge on any atom is 0.317 e. The quantitative estimate of drug-likeness (QED) is 0.885. The topological polar surface area (TPSA) is 74.4 Å². The second kappa shape index (κ2) is 8.08. The number of nitrogens with zero attached hydrogens (tertiary/aromatic N) is 1. The number of piperidine rings is 1. The van der Waals surface area contributed by atoms with Crippen LogP contribution in [0.4, 0.5) is 4.79 Å². The molecule has 2 N–H and O–H groups in total. The number of H-pyrrole nitrogens is 1. The van der Waals surface area contributed by atoms with Gasteiger partial charge >= 0.3 is 6.03 Å². The Labute approximate surface area is 153 Å². The number of aromatic amines is 1. The molecule has 2 amide bonds. The molecule has 0 spiro atoms. The van der Waals surface area contributed by atoms with Gasteiger partial charge in [0.05, 0.1) is 13.2 Å². The molecule has 6 nitrogen and oxygen atoms in total. The number of pyridine rings is 1. The zero-order chi connectivity index (χ0) is 18.5. The summed E-state index contributed by atoms with van der Waals surface area (Å²) in [5, 5.41) is 3.06. The van der Waals surface area contributed by atoms with E-state index in [1.54, 1.807) is 19.4 Å². The first kappa shape index (κ1) is 18.0. The van der Waals surface area contributed by atoms with Gasteiger partial charge in [0.15, 0.2) is 0 Å². The van der Waals surface area contributed by atoms with Gasteiger partial charge in [-0.15, -0.1) is 0 Å². The van der Waals surface area contributed by atoms with Gasteiger partial charge in [-0.3, -0.25) is 4.79 Å². The molecule has 3 rings (SSSR count). The number of carbonyl (C=O) groups is 1. The molecule has 1 aliphatic rings. The van der Waals surface area contributed by atoms with Crippen molar-refractivity contribution in [3.63, 3.8) is 0 Å². The van der Waals surface area contributed by atoms with Gasteiger partial charge in [-0.1, -0.05) is 12.1 Å². The molecule has 138 valence electrons. The number of nitrogens with one attached hydrogen (secondary N) is 2. The zero-order valence-electron chi connectivity index (χ0n) is 15.2. The normalized spacial score (nSPS) is 16.2. The van der Waals surface area contributed by atoms with Crippen LogP contribution >= 0.6 is 0 Å². The molecule has 2 aromatic rings. The predicted octanol–water partition coefficient (Wildman–Crippen LogP) is 3.03. The van der Waals surface area contributed by atoms with E-state index in [1.165, 1.54) is 0 Å². The zero-order valence-corrected chi connectivity index (χ0v) is 15.2. The lowest BCUT2D eigenvalue weighted by atomic mass is 9.90. The van der Waals surface area contributed by atoms with Crippen molar-refractivity contribution in [2.75, 3.05) is 20.2 Å². The largest absolute Gasteiger partial charge is 0.497 e. The molecule has 1 aromatic carbocycles. The summed E-state index contributed by atoms with van der Waals surface area (Å²) >= 11 is 0. The Hall–Kier alpha value is -2.76. The Morgan fingerprint density at radius 3 is 2.54 bits per heavy atom. The van der Waals surface area contributed by atoms with Crippen molar-refractivity contribution in [3.8, 4) is 5.75 Å². The molecule has 26 heavy (non-hydrogen) atoms. The van der Waals surface area contributed by atoms with E-state index in [0.717, 1.165) is 29.7 Å². The summed E-state index contributed by atoms with van der Waals surface area (Å²) in [6.07, 6.45) is 3.43. The van der Waals surface area contributed by atoms with Gasteiger partial charge < -0.3 is 19.9 Å². The molecule has 1 aliphatic heterocycles. The van der Waals surface area contributed by atoms with Crippen molar-refractivity contribution in [3.05, 3.63) is 64.1 Å². The van der Waals surface area contributed by atoms with E-state index < -0.39 is 0 Å². The third-order valence-electron chi connectivity index (χ3n) is 5.01. The van der Waals surface area contributed by atoms with Crippen molar-refractivity contribution in [2.24, 2.45) is 0 Å². The van der Waals surface area contributed by atoms with E-state index in [-0.39, 0.29) is 17.6 Å². The van der Waals surface area contributed by atoms with E-state index in [2.05, 4.69) is 10.3 Å². The van der Waals surface area contributed by atoms with Crippen LogP contribution in [0.25, 0.3) is 0 Å². The van der Waals surface area contributed by atoms with Crippen LogP contribution < -0.4 is 15.6 Å². The molecule has 1 aromatic heterocycles. The van der Waals surface area contributed by atoms with Crippen LogP contribution in [0.5, 0.6) is 5.75 Å². The Morgan fingerprint density at radius 1 is 1.23 bits per heavy atom. The van der Waals surface area contributed by atoms with Crippen LogP contribution in [0.1, 0.15) is 42.9 Å². The standard InChI is InChI=1S/C20H25N3O3/c1-14(15-3-5-18(26-2)6-4-15)22-20(25)23-11-8-16(9-12-23)17-7-10-21-19(24)13-17/h3-7,10,13-14,16H,8-9,11-12H2,1-2H3,(H,21,24)(H,22,25)/t14-/m1/s1. The van der Waals surface area contributed by atoms with E-state index in [4.69, 9.17) is 4.74 Å². The van der Waals surface area contributed by atoms with Gasteiger partial charge in [0.1, 0.15) is 5.75 Å². The number of methoxy groups -OCH3 is 1. The molecule has 0 bridgehead atoms. The summed E-state index contributed by atoms with van der Waals surface area (Å²) in [4.78, 5) is 28.5. The van der Waals surface area contributed by atoms with Crippen molar-refractivity contribution < 1.29 is 9.53 Å². The van der Waals surface area contributed by atoms with E-state index in [9.17, 15) is 9.59 Å². The molecule has 2 heterocycles. The van der Waals surface area contributed by atoms with Gasteiger partial charge in [0, 0.05) is 25.4 Å². The Bertz CT molecular complexity index is 792. The molecule has 1 fully saturated rings. The number of aromatic nitrogens is 1. The van der Waals surface area contributed by atoms with Crippen molar-refractivity contribution >= 4 is 6.03 Å². The highest BCUT2D eigenvalue weighted by Gasteiger charge is 2.24. The Balaban J connectivity index is 1.53. The molecular formula is C20H25N3O3. The fraction of sp³-hybridized carbons (Fsp3) is 0.400. The fourth-order valence-corrected chi connectivity index (χ4v) is 3.38. The van der Waals surface area contributed by atoms with Crippen molar-refractivity contribution in [1.82, 2.24) is 15.2 Å². The third-order valence-corrected chi connectivity index (χ3v) is 5.01. The summed E-state index contributed by atoms with van der Waals surface area (Å²) < 4.78 is 5.16. The smallest absolute Gasteiger partial charge is 0.317 e. The Kier molecular flexibility index (Phi) is 5.61. The van der Waals surface area contributed by atoms with Crippen LogP contribution in [0.3, 0.4) is 0 Å². The minimum absolute atomic E-state index is 0.0438. The monoisotopic (exact) mass is 355 g/mol. The number of amides is 2. The van der Waals surface area contributed by atoms with E-state index >= 15 is 0 Å². The molecule has 1 saturated heterocycles. The fourth-order valence-electron chi connectivity index (χ4n) is 3.38. The lowest BCUT2D eigenvalue weighted by Gasteiger charge is -2.33. The average molecular weight is 355 g/mol. The number of urea groups is 1. The summed E-state index contributed by atoms with van der Waals surface area (Å²) in [6, 6.07) is 11.2. The SMILES string of the molecule is COc1ccc([C@@H](C)NC(=O)N2CCC(c3cc[nH]c(=O)c3)CC2)cc1. The van der Waals surface area contributed by atoms with Crippen LogP contribution in [0.2, 0.25) is 0 Å².